The van der Waals surface area contributed by atoms with E-state index in [9.17, 15) is 5.11 Å². The number of nitrogens with one attached hydrogen (secondary N) is 2. The predicted octanol–water partition coefficient (Wildman–Crippen LogP) is 1.49. The van der Waals surface area contributed by atoms with Gasteiger partial charge in [-0.1, -0.05) is 0 Å². The Morgan fingerprint density at radius 2 is 2.32 bits per heavy atom. The Kier molecular flexibility index (Phi) is 3.02. The lowest BCUT2D eigenvalue weighted by atomic mass is 9.77. The van der Waals surface area contributed by atoms with Gasteiger partial charge >= 0.3 is 0 Å². The molecule has 102 valence electrons. The molecule has 3 N–H and O–H groups in total. The van der Waals surface area contributed by atoms with Crippen molar-refractivity contribution in [3.8, 4) is 0 Å². The van der Waals surface area contributed by atoms with Crippen LogP contribution in [0.4, 0.5) is 11.6 Å². The molecule has 3 rings (SSSR count). The maximum atomic E-state index is 9.56. The third-order valence-corrected chi connectivity index (χ3v) is 3.73. The van der Waals surface area contributed by atoms with E-state index in [-0.39, 0.29) is 12.1 Å². The number of anilines is 2. The summed E-state index contributed by atoms with van der Waals surface area (Å²) in [6.45, 7) is 2.98. The molecule has 0 aliphatic heterocycles. The van der Waals surface area contributed by atoms with Crippen LogP contribution in [0.25, 0.3) is 5.65 Å². The summed E-state index contributed by atoms with van der Waals surface area (Å²) in [5, 5.41) is 16.2. The molecule has 1 saturated carbocycles. The van der Waals surface area contributed by atoms with Crippen LogP contribution < -0.4 is 10.6 Å². The Hall–Kier alpha value is -1.82. The number of aliphatic hydroxyl groups excluding tert-OH is 1. The number of nitrogens with zero attached hydrogens (tertiary/aromatic N) is 3. The Labute approximate surface area is 111 Å². The van der Waals surface area contributed by atoms with Crippen molar-refractivity contribution in [2.75, 3.05) is 23.8 Å². The molecule has 0 bridgehead atoms. The average Bonchev–Trinajstić information content (AvgIpc) is 2.82. The van der Waals surface area contributed by atoms with E-state index in [0.717, 1.165) is 43.1 Å². The van der Waals surface area contributed by atoms with Gasteiger partial charge in [-0.15, -0.1) is 0 Å². The highest BCUT2D eigenvalue weighted by atomic mass is 16.3. The fraction of sp³-hybridized carbons (Fsp3) is 0.538. The highest BCUT2D eigenvalue weighted by molar-refractivity contribution is 5.66. The van der Waals surface area contributed by atoms with Crippen molar-refractivity contribution in [3.05, 3.63) is 18.6 Å². The van der Waals surface area contributed by atoms with Crippen LogP contribution in [-0.4, -0.2) is 38.2 Å². The summed E-state index contributed by atoms with van der Waals surface area (Å²) in [5.41, 5.74) is 0.575. The normalized spacial score (nSPS) is 17.2. The lowest BCUT2D eigenvalue weighted by Gasteiger charge is -2.41. The summed E-state index contributed by atoms with van der Waals surface area (Å²) < 4.78 is 1.94. The molecule has 0 spiro atoms. The van der Waals surface area contributed by atoms with E-state index in [0.29, 0.717) is 0 Å². The van der Waals surface area contributed by atoms with Crippen LogP contribution in [0, 0.1) is 0 Å². The lowest BCUT2D eigenvalue weighted by molar-refractivity contribution is 0.144. The summed E-state index contributed by atoms with van der Waals surface area (Å²) in [5.74, 6) is 1.54. The van der Waals surface area contributed by atoms with Crippen LogP contribution >= 0.6 is 0 Å². The van der Waals surface area contributed by atoms with E-state index in [2.05, 4.69) is 20.6 Å². The zero-order valence-corrected chi connectivity index (χ0v) is 11.1. The fourth-order valence-corrected chi connectivity index (χ4v) is 2.46. The Bertz CT molecular complexity index is 570. The van der Waals surface area contributed by atoms with Gasteiger partial charge in [0.15, 0.2) is 11.5 Å². The van der Waals surface area contributed by atoms with Crippen LogP contribution in [0.3, 0.4) is 0 Å². The second kappa shape index (κ2) is 4.70. The number of aliphatic hydroxyl groups is 1. The zero-order chi connectivity index (χ0) is 13.3. The first-order chi connectivity index (χ1) is 9.26. The van der Waals surface area contributed by atoms with E-state index in [1.165, 1.54) is 0 Å². The highest BCUT2D eigenvalue weighted by Crippen LogP contribution is 2.35. The third-order valence-electron chi connectivity index (χ3n) is 3.73. The van der Waals surface area contributed by atoms with Gasteiger partial charge in [0.05, 0.1) is 18.3 Å². The van der Waals surface area contributed by atoms with Gasteiger partial charge in [-0.25, -0.2) is 9.97 Å². The Balaban J connectivity index is 1.98. The van der Waals surface area contributed by atoms with Gasteiger partial charge in [0.2, 0.25) is 0 Å². The summed E-state index contributed by atoms with van der Waals surface area (Å²) in [7, 11) is 0. The molecule has 2 aromatic heterocycles. The van der Waals surface area contributed by atoms with Crippen LogP contribution in [0.5, 0.6) is 0 Å². The minimum absolute atomic E-state index is 0.132. The Morgan fingerprint density at radius 3 is 2.95 bits per heavy atom. The molecule has 6 heteroatoms. The van der Waals surface area contributed by atoms with E-state index < -0.39 is 0 Å². The first kappa shape index (κ1) is 12.2. The van der Waals surface area contributed by atoms with Crippen molar-refractivity contribution in [2.24, 2.45) is 0 Å². The third kappa shape index (κ3) is 2.12. The van der Waals surface area contributed by atoms with Crippen LogP contribution in [0.15, 0.2) is 18.6 Å². The topological polar surface area (TPSA) is 74.5 Å². The van der Waals surface area contributed by atoms with E-state index >= 15 is 0 Å². The van der Waals surface area contributed by atoms with Crippen LogP contribution in [0.2, 0.25) is 0 Å². The van der Waals surface area contributed by atoms with Crippen molar-refractivity contribution < 1.29 is 5.11 Å². The maximum absolute atomic E-state index is 9.56. The SMILES string of the molecule is CCNc1cn2ccnc2c(NC2(CO)CCC2)n1. The summed E-state index contributed by atoms with van der Waals surface area (Å²) >= 11 is 0. The minimum Gasteiger partial charge on any atom is -0.394 e. The molecule has 1 aliphatic rings. The van der Waals surface area contributed by atoms with Gasteiger partial charge in [-0.2, -0.15) is 0 Å². The van der Waals surface area contributed by atoms with E-state index in [1.807, 2.05) is 23.7 Å². The van der Waals surface area contributed by atoms with Crippen molar-refractivity contribution in [1.82, 2.24) is 14.4 Å². The van der Waals surface area contributed by atoms with Crippen molar-refractivity contribution in [3.63, 3.8) is 0 Å². The number of rotatable bonds is 5. The van der Waals surface area contributed by atoms with Gasteiger partial charge in [0.25, 0.3) is 0 Å². The standard InChI is InChI=1S/C13H19N5O/c1-2-14-10-8-18-7-6-15-12(18)11(16-10)17-13(9-19)4-3-5-13/h6-8,14,19H,2-5,9H2,1H3,(H,16,17). The number of fused-ring (bicyclic) bond motifs is 1. The number of aromatic nitrogens is 3. The summed E-state index contributed by atoms with van der Waals surface area (Å²) in [4.78, 5) is 8.89. The first-order valence-electron chi connectivity index (χ1n) is 6.73. The quantitative estimate of drug-likeness (QED) is 0.760. The molecule has 2 heterocycles. The number of imidazole rings is 1. The zero-order valence-electron chi connectivity index (χ0n) is 11.1. The van der Waals surface area contributed by atoms with Gasteiger partial charge in [0.1, 0.15) is 5.82 Å². The van der Waals surface area contributed by atoms with Gasteiger partial charge in [-0.3, -0.25) is 0 Å². The Morgan fingerprint density at radius 1 is 1.47 bits per heavy atom. The molecule has 0 aromatic carbocycles. The first-order valence-corrected chi connectivity index (χ1v) is 6.73. The summed E-state index contributed by atoms with van der Waals surface area (Å²) in [6, 6.07) is 0. The highest BCUT2D eigenvalue weighted by Gasteiger charge is 2.37. The fourth-order valence-electron chi connectivity index (χ4n) is 2.46. The van der Waals surface area contributed by atoms with Crippen LogP contribution in [0.1, 0.15) is 26.2 Å². The molecule has 19 heavy (non-hydrogen) atoms. The second-order valence-corrected chi connectivity index (χ2v) is 5.08. The molecule has 0 atom stereocenters. The lowest BCUT2D eigenvalue weighted by Crippen LogP contribution is -2.48. The summed E-state index contributed by atoms with van der Waals surface area (Å²) in [6.07, 6.45) is 8.67. The molecule has 0 radical (unpaired) electrons. The molecule has 0 saturated heterocycles. The largest absolute Gasteiger partial charge is 0.394 e. The van der Waals surface area contributed by atoms with Crippen molar-refractivity contribution in [2.45, 2.75) is 31.7 Å². The number of hydrogen-bond donors (Lipinski definition) is 3. The minimum atomic E-state index is -0.218. The molecule has 0 unspecified atom stereocenters. The average molecular weight is 261 g/mol. The smallest absolute Gasteiger partial charge is 0.180 e. The predicted molar refractivity (Wildman–Crippen MR) is 74.4 cm³/mol. The molecule has 2 aromatic rings. The second-order valence-electron chi connectivity index (χ2n) is 5.08. The van der Waals surface area contributed by atoms with Gasteiger partial charge in [-0.05, 0) is 26.2 Å². The van der Waals surface area contributed by atoms with Crippen molar-refractivity contribution in [1.29, 1.82) is 0 Å². The van der Waals surface area contributed by atoms with Crippen molar-refractivity contribution >= 4 is 17.3 Å². The van der Waals surface area contributed by atoms with Gasteiger partial charge in [0, 0.05) is 18.9 Å². The van der Waals surface area contributed by atoms with E-state index in [1.54, 1.807) is 6.20 Å². The van der Waals surface area contributed by atoms with Gasteiger partial charge < -0.3 is 20.1 Å². The molecule has 6 nitrogen and oxygen atoms in total. The maximum Gasteiger partial charge on any atom is 0.180 e. The molecule has 0 amide bonds. The molecular formula is C13H19N5O. The van der Waals surface area contributed by atoms with E-state index in [4.69, 9.17) is 0 Å². The number of hydrogen-bond acceptors (Lipinski definition) is 5. The van der Waals surface area contributed by atoms with Crippen LogP contribution in [-0.2, 0) is 0 Å². The molecule has 1 fully saturated rings. The molecular weight excluding hydrogens is 242 g/mol. The monoisotopic (exact) mass is 261 g/mol. The molecule has 1 aliphatic carbocycles.